The lowest BCUT2D eigenvalue weighted by molar-refractivity contribution is 0.0300. The summed E-state index contributed by atoms with van der Waals surface area (Å²) in [6, 6.07) is 7.88. The Kier molecular flexibility index (Phi) is 9.22. The van der Waals surface area contributed by atoms with Gasteiger partial charge in [-0.05, 0) is 68.2 Å². The molecule has 2 aliphatic rings. The Morgan fingerprint density at radius 3 is 2.60 bits per heavy atom. The van der Waals surface area contributed by atoms with Crippen LogP contribution in [0.2, 0.25) is 5.02 Å². The van der Waals surface area contributed by atoms with Gasteiger partial charge in [0.15, 0.2) is 0 Å². The van der Waals surface area contributed by atoms with E-state index in [-0.39, 0.29) is 11.2 Å². The van der Waals surface area contributed by atoms with Crippen LogP contribution >= 0.6 is 11.6 Å². The van der Waals surface area contributed by atoms with Gasteiger partial charge >= 0.3 is 0 Å². The molecule has 1 saturated heterocycles. The average molecular weight is 505 g/mol. The molecule has 1 aromatic heterocycles. The molecule has 2 heterocycles. The fraction of sp³-hybridized carbons (Fsp3) is 0.593. The molecular formula is C27H38ClFN4O2. The van der Waals surface area contributed by atoms with Crippen molar-refractivity contribution in [3.05, 3.63) is 41.3 Å². The first-order chi connectivity index (χ1) is 17.0. The van der Waals surface area contributed by atoms with Crippen molar-refractivity contribution in [3.8, 4) is 11.1 Å². The molecule has 0 spiro atoms. The average Bonchev–Trinajstić information content (AvgIpc) is 2.86. The minimum Gasteiger partial charge on any atom is -0.384 e. The summed E-state index contributed by atoms with van der Waals surface area (Å²) in [5.41, 5.74) is 2.19. The van der Waals surface area contributed by atoms with Gasteiger partial charge < -0.3 is 25.4 Å². The Hall–Kier alpha value is -1.93. The maximum absolute atomic E-state index is 14.9. The monoisotopic (exact) mass is 504 g/mol. The van der Waals surface area contributed by atoms with E-state index in [1.54, 1.807) is 19.4 Å². The molecule has 2 fully saturated rings. The third kappa shape index (κ3) is 7.29. The fourth-order valence-electron chi connectivity index (χ4n) is 4.94. The molecule has 1 saturated carbocycles. The Morgan fingerprint density at radius 2 is 1.86 bits per heavy atom. The summed E-state index contributed by atoms with van der Waals surface area (Å²) in [7, 11) is 1.72. The fourth-order valence-corrected chi connectivity index (χ4v) is 5.14. The summed E-state index contributed by atoms with van der Waals surface area (Å²) in [6.07, 6.45) is 7.97. The van der Waals surface area contributed by atoms with Gasteiger partial charge in [-0.15, -0.1) is 0 Å². The Bertz CT molecular complexity index is 962. The van der Waals surface area contributed by atoms with Gasteiger partial charge in [-0.1, -0.05) is 18.5 Å². The Labute approximate surface area is 213 Å². The maximum atomic E-state index is 14.9. The molecule has 192 valence electrons. The number of hydrogen-bond donors (Lipinski definition) is 3. The number of aromatic nitrogens is 1. The molecular weight excluding hydrogens is 467 g/mol. The van der Waals surface area contributed by atoms with E-state index < -0.39 is 0 Å². The second-order valence-electron chi connectivity index (χ2n) is 10.2. The van der Waals surface area contributed by atoms with E-state index in [4.69, 9.17) is 21.1 Å². The van der Waals surface area contributed by atoms with Crippen LogP contribution in [0.3, 0.4) is 0 Å². The molecule has 0 radical (unpaired) electrons. The Morgan fingerprint density at radius 1 is 1.11 bits per heavy atom. The number of nitrogens with zero attached hydrogens (tertiary/aromatic N) is 1. The highest BCUT2D eigenvalue weighted by Crippen LogP contribution is 2.35. The summed E-state index contributed by atoms with van der Waals surface area (Å²) in [5.74, 6) is 0.433. The first-order valence-corrected chi connectivity index (χ1v) is 13.1. The number of methoxy groups -OCH3 is 1. The minimum atomic E-state index is -0.297. The second-order valence-corrected chi connectivity index (χ2v) is 10.6. The van der Waals surface area contributed by atoms with Crippen molar-refractivity contribution in [3.63, 3.8) is 0 Å². The van der Waals surface area contributed by atoms with Gasteiger partial charge in [0.1, 0.15) is 11.6 Å². The van der Waals surface area contributed by atoms with Crippen LogP contribution in [0.15, 0.2) is 30.5 Å². The summed E-state index contributed by atoms with van der Waals surface area (Å²) in [4.78, 5) is 4.47. The van der Waals surface area contributed by atoms with Crippen molar-refractivity contribution in [2.75, 3.05) is 50.7 Å². The number of rotatable bonds is 10. The van der Waals surface area contributed by atoms with Gasteiger partial charge in [-0.2, -0.15) is 0 Å². The number of nitrogens with one attached hydrogen (secondary N) is 3. The molecule has 3 N–H and O–H groups in total. The molecule has 0 unspecified atom stereocenters. The van der Waals surface area contributed by atoms with E-state index in [1.807, 2.05) is 12.1 Å². The number of anilines is 2. The zero-order valence-electron chi connectivity index (χ0n) is 20.8. The summed E-state index contributed by atoms with van der Waals surface area (Å²) >= 11 is 6.49. The lowest BCUT2D eigenvalue weighted by Gasteiger charge is -2.34. The smallest absolute Gasteiger partial charge is 0.131 e. The van der Waals surface area contributed by atoms with E-state index in [2.05, 4.69) is 27.9 Å². The van der Waals surface area contributed by atoms with Crippen molar-refractivity contribution in [2.45, 2.75) is 57.5 Å². The van der Waals surface area contributed by atoms with Crippen LogP contribution in [0.5, 0.6) is 0 Å². The van der Waals surface area contributed by atoms with Gasteiger partial charge in [-0.25, -0.2) is 9.37 Å². The van der Waals surface area contributed by atoms with Gasteiger partial charge in [-0.3, -0.25) is 0 Å². The van der Waals surface area contributed by atoms with Crippen molar-refractivity contribution in [1.82, 2.24) is 10.3 Å². The third-order valence-corrected chi connectivity index (χ3v) is 7.65. The van der Waals surface area contributed by atoms with E-state index in [9.17, 15) is 4.39 Å². The van der Waals surface area contributed by atoms with Gasteiger partial charge in [0.2, 0.25) is 0 Å². The highest BCUT2D eigenvalue weighted by atomic mass is 35.5. The molecule has 1 aromatic carbocycles. The molecule has 8 heteroatoms. The van der Waals surface area contributed by atoms with E-state index in [0.717, 1.165) is 82.9 Å². The topological polar surface area (TPSA) is 67.4 Å². The first kappa shape index (κ1) is 26.1. The van der Waals surface area contributed by atoms with E-state index in [0.29, 0.717) is 28.2 Å². The molecule has 1 aliphatic carbocycles. The maximum Gasteiger partial charge on any atom is 0.131 e. The lowest BCUT2D eigenvalue weighted by atomic mass is 9.82. The Balaban J connectivity index is 1.40. The minimum absolute atomic E-state index is 0.177. The highest BCUT2D eigenvalue weighted by molar-refractivity contribution is 6.33. The van der Waals surface area contributed by atoms with Crippen LogP contribution < -0.4 is 16.0 Å². The molecule has 4 rings (SSSR count). The molecule has 1 aliphatic heterocycles. The normalized spacial score (nSPS) is 22.1. The largest absolute Gasteiger partial charge is 0.384 e. The zero-order valence-corrected chi connectivity index (χ0v) is 21.6. The quantitative estimate of drug-likeness (QED) is 0.359. The molecule has 35 heavy (non-hydrogen) atoms. The van der Waals surface area contributed by atoms with Crippen molar-refractivity contribution in [1.29, 1.82) is 0 Å². The van der Waals surface area contributed by atoms with Crippen molar-refractivity contribution < 1.29 is 13.9 Å². The third-order valence-electron chi connectivity index (χ3n) is 7.35. The van der Waals surface area contributed by atoms with Gasteiger partial charge in [0.05, 0.1) is 11.6 Å². The van der Waals surface area contributed by atoms with Gasteiger partial charge in [0.25, 0.3) is 0 Å². The molecule has 6 nitrogen and oxygen atoms in total. The lowest BCUT2D eigenvalue weighted by Crippen LogP contribution is -2.38. The number of benzene rings is 1. The van der Waals surface area contributed by atoms with Crippen LogP contribution in [0, 0.1) is 11.2 Å². The molecule has 2 aromatic rings. The first-order valence-electron chi connectivity index (χ1n) is 12.7. The second kappa shape index (κ2) is 12.3. The highest BCUT2D eigenvalue weighted by Gasteiger charge is 2.27. The zero-order chi connectivity index (χ0) is 24.7. The van der Waals surface area contributed by atoms with Crippen LogP contribution in [0.1, 0.15) is 45.4 Å². The molecule has 0 atom stereocenters. The van der Waals surface area contributed by atoms with Crippen LogP contribution in [-0.4, -0.2) is 57.1 Å². The van der Waals surface area contributed by atoms with E-state index in [1.165, 1.54) is 6.07 Å². The predicted molar refractivity (Wildman–Crippen MR) is 141 cm³/mol. The standard InChI is InChI=1S/C27H38ClFN4O2/c1-27(9-12-35-13-10-27)18-32-21-7-8-25(29)23(15-21)22-16-26(31-17-24(22)28)33-20-5-3-19(4-6-20)30-11-14-34-2/h7-8,15-17,19-20,30,32H,3-6,9-14,18H2,1-2H3,(H,31,33). The van der Waals surface area contributed by atoms with E-state index >= 15 is 0 Å². The number of ether oxygens (including phenoxy) is 2. The molecule has 0 amide bonds. The summed E-state index contributed by atoms with van der Waals surface area (Å²) < 4.78 is 25.5. The van der Waals surface area contributed by atoms with Gasteiger partial charge in [0, 0.05) is 68.5 Å². The number of halogens is 2. The van der Waals surface area contributed by atoms with Crippen molar-refractivity contribution in [2.24, 2.45) is 5.41 Å². The number of hydrogen-bond acceptors (Lipinski definition) is 6. The summed E-state index contributed by atoms with van der Waals surface area (Å²) in [6.45, 7) is 6.29. The summed E-state index contributed by atoms with van der Waals surface area (Å²) in [5, 5.41) is 11.0. The number of pyridine rings is 1. The molecule has 0 bridgehead atoms. The van der Waals surface area contributed by atoms with Crippen LogP contribution in [0.4, 0.5) is 15.9 Å². The SMILES string of the molecule is COCCNC1CCC(Nc2cc(-c3cc(NCC4(C)CCOCC4)ccc3F)c(Cl)cn2)CC1. The van der Waals surface area contributed by atoms with Crippen LogP contribution in [-0.2, 0) is 9.47 Å². The predicted octanol–water partition coefficient (Wildman–Crippen LogP) is 5.73. The van der Waals surface area contributed by atoms with Crippen molar-refractivity contribution >= 4 is 23.1 Å². The van der Waals surface area contributed by atoms with Crippen LogP contribution in [0.25, 0.3) is 11.1 Å².